The standard InChI is InChI=1S/C29H32O13.C27H22Cl2N4O/c1-11-36-9-20-27(40-11)24(31)25(32)29(41-20)42-26-14-7-17-16(38-10-39-17)6-13(14)21(22-15(26)8-37-28(22)33)12-4-18(34-2)23(30)19(5-12)35-3;1-32-16-31-15-25(32)27(30,18-6-9-20(28)10-7-18)19-8-11-24-23(13-19)22(14-26(34)33(24)2)17-4-3-5-21(29)12-17/h4-7,11,15,20-22,24-27,29-32H,8-10H2,1-3H3;3-16H,30H2,1-2H3/t11-,15+,20-,21-,22+,24-,25-,26-,27-,29+;/m1./s1. The van der Waals surface area contributed by atoms with Crippen LogP contribution < -0.4 is 30.2 Å². The van der Waals surface area contributed by atoms with Crippen molar-refractivity contribution in [3.8, 4) is 39.9 Å². The topological polar surface area (TPSA) is 227 Å². The first-order chi connectivity index (χ1) is 36.6. The molecule has 18 nitrogen and oxygen atoms in total. The first-order valence-electron chi connectivity index (χ1n) is 24.5. The highest BCUT2D eigenvalue weighted by molar-refractivity contribution is 6.31. The van der Waals surface area contributed by atoms with Crippen molar-refractivity contribution in [1.82, 2.24) is 14.1 Å². The second-order valence-electron chi connectivity index (χ2n) is 19.4. The van der Waals surface area contributed by atoms with Gasteiger partial charge in [-0.05, 0) is 107 Å². The number of cyclic esters (lactones) is 1. The van der Waals surface area contributed by atoms with Gasteiger partial charge in [-0.1, -0.05) is 53.5 Å². The lowest BCUT2D eigenvalue weighted by molar-refractivity contribution is -0.364. The molecule has 3 saturated heterocycles. The maximum atomic E-state index is 13.4. The predicted octanol–water partition coefficient (Wildman–Crippen LogP) is 6.84. The molecule has 76 heavy (non-hydrogen) atoms. The summed E-state index contributed by atoms with van der Waals surface area (Å²) < 4.78 is 55.1. The fraction of sp³-hybridized carbons (Fsp3) is 0.339. The van der Waals surface area contributed by atoms with Crippen LogP contribution in [0.2, 0.25) is 10.0 Å². The number of hydrogen-bond donors (Lipinski definition) is 4. The van der Waals surface area contributed by atoms with E-state index in [9.17, 15) is 24.9 Å². The molecule has 7 aromatic rings. The number of methoxy groups -OCH3 is 2. The number of pyridine rings is 1. The Labute approximate surface area is 445 Å². The zero-order valence-corrected chi connectivity index (χ0v) is 43.3. The number of nitrogens with two attached hydrogens (primary N) is 1. The largest absolute Gasteiger partial charge is 0.502 e. The number of phenols is 1. The predicted molar refractivity (Wildman–Crippen MR) is 277 cm³/mol. The van der Waals surface area contributed by atoms with Crippen LogP contribution in [-0.4, -0.2) is 107 Å². The van der Waals surface area contributed by atoms with E-state index in [0.29, 0.717) is 38.2 Å². The van der Waals surface area contributed by atoms with Crippen LogP contribution in [0, 0.1) is 11.8 Å². The van der Waals surface area contributed by atoms with E-state index in [2.05, 4.69) is 4.98 Å². The highest BCUT2D eigenvalue weighted by atomic mass is 35.5. The number of carbonyl (C=O) groups excluding carboxylic acids is 1. The zero-order chi connectivity index (χ0) is 53.3. The lowest BCUT2D eigenvalue weighted by atomic mass is 9.66. The van der Waals surface area contributed by atoms with Crippen LogP contribution in [-0.2, 0) is 48.1 Å². The number of imidazole rings is 1. The Kier molecular flexibility index (Phi) is 13.8. The van der Waals surface area contributed by atoms with Crippen LogP contribution in [0.3, 0.4) is 0 Å². The van der Waals surface area contributed by atoms with Crippen LogP contribution >= 0.6 is 23.2 Å². The van der Waals surface area contributed by atoms with Gasteiger partial charge in [0, 0.05) is 47.4 Å². The Balaban J connectivity index is 0.000000166. The molecule has 0 spiro atoms. The number of hydrogen-bond acceptors (Lipinski definition) is 16. The van der Waals surface area contributed by atoms with Gasteiger partial charge in [0.15, 0.2) is 35.6 Å². The van der Waals surface area contributed by atoms with Crippen molar-refractivity contribution in [2.24, 2.45) is 31.7 Å². The molecule has 0 saturated carbocycles. The number of aliphatic hydroxyl groups is 2. The minimum atomic E-state index is -1.44. The van der Waals surface area contributed by atoms with Crippen molar-refractivity contribution < 1.29 is 62.7 Å². The quantitative estimate of drug-likeness (QED) is 0.109. The monoisotopic (exact) mass is 1080 g/mol. The number of fused-ring (bicyclic) bond motifs is 5. The molecule has 12 rings (SSSR count). The molecule has 1 aliphatic carbocycles. The van der Waals surface area contributed by atoms with Gasteiger partial charge in [-0.15, -0.1) is 0 Å². The van der Waals surface area contributed by atoms with E-state index in [1.807, 2.05) is 78.3 Å². The van der Waals surface area contributed by atoms with Gasteiger partial charge >= 0.3 is 5.97 Å². The summed E-state index contributed by atoms with van der Waals surface area (Å²) in [5.41, 5.74) is 13.1. The number of ether oxygens (including phenoxy) is 9. The molecule has 4 aliphatic heterocycles. The number of esters is 1. The van der Waals surface area contributed by atoms with Crippen LogP contribution in [0.25, 0.3) is 22.0 Å². The van der Waals surface area contributed by atoms with Crippen LogP contribution in [0.1, 0.15) is 52.5 Å². The van der Waals surface area contributed by atoms with Crippen molar-refractivity contribution in [1.29, 1.82) is 0 Å². The second-order valence-corrected chi connectivity index (χ2v) is 20.3. The van der Waals surface area contributed by atoms with Crippen LogP contribution in [0.4, 0.5) is 0 Å². The van der Waals surface area contributed by atoms with Gasteiger partial charge in [0.2, 0.25) is 12.5 Å². The van der Waals surface area contributed by atoms with E-state index in [0.717, 1.165) is 38.9 Å². The van der Waals surface area contributed by atoms with E-state index in [4.69, 9.17) is 71.6 Å². The fourth-order valence-corrected chi connectivity index (χ4v) is 11.6. The van der Waals surface area contributed by atoms with E-state index in [1.54, 1.807) is 61.4 Å². The molecule has 20 heteroatoms. The van der Waals surface area contributed by atoms with Gasteiger partial charge < -0.3 is 72.8 Å². The number of rotatable bonds is 9. The summed E-state index contributed by atoms with van der Waals surface area (Å²) in [6.07, 6.45) is -3.29. The molecule has 5 aliphatic rings. The number of aromatic hydroxyl groups is 1. The average molecular weight is 1080 g/mol. The minimum Gasteiger partial charge on any atom is -0.502 e. The number of halogens is 2. The molecule has 11 atom stereocenters. The Morgan fingerprint density at radius 3 is 2.20 bits per heavy atom. The normalized spacial score (nSPS) is 26.1. The Hall–Kier alpha value is -6.71. The molecule has 0 amide bonds. The second kappa shape index (κ2) is 20.3. The molecule has 1 unspecified atom stereocenters. The smallest absolute Gasteiger partial charge is 0.310 e. The summed E-state index contributed by atoms with van der Waals surface area (Å²) in [5, 5.41) is 34.6. The van der Waals surface area contributed by atoms with E-state index < -0.39 is 72.4 Å². The van der Waals surface area contributed by atoms with Gasteiger partial charge in [0.05, 0.1) is 63.2 Å². The van der Waals surface area contributed by atoms with Gasteiger partial charge in [0.25, 0.3) is 5.56 Å². The fourth-order valence-electron chi connectivity index (χ4n) is 11.2. The summed E-state index contributed by atoms with van der Waals surface area (Å²) in [5.74, 6) is -1.02. The van der Waals surface area contributed by atoms with Crippen LogP contribution in [0.5, 0.6) is 28.7 Å². The number of aromatic nitrogens is 3. The van der Waals surface area contributed by atoms with Crippen molar-refractivity contribution in [3.05, 3.63) is 163 Å². The van der Waals surface area contributed by atoms with Crippen molar-refractivity contribution in [2.45, 2.75) is 61.5 Å². The number of benzene rings is 5. The zero-order valence-electron chi connectivity index (χ0n) is 41.8. The lowest BCUT2D eigenvalue weighted by Crippen LogP contribution is -2.63. The average Bonchev–Trinajstić information content (AvgIpc) is 4.26. The third-order valence-corrected chi connectivity index (χ3v) is 15.6. The highest BCUT2D eigenvalue weighted by Crippen LogP contribution is 2.57. The summed E-state index contributed by atoms with van der Waals surface area (Å²) in [7, 11) is 6.54. The van der Waals surface area contributed by atoms with Gasteiger partial charge in [-0.3, -0.25) is 9.59 Å². The number of aliphatic hydroxyl groups excluding tert-OH is 2. The van der Waals surface area contributed by atoms with Crippen LogP contribution in [0.15, 0.2) is 114 Å². The van der Waals surface area contributed by atoms with Crippen molar-refractivity contribution in [3.63, 3.8) is 0 Å². The third-order valence-electron chi connectivity index (χ3n) is 15.1. The lowest BCUT2D eigenvalue weighted by Gasteiger charge is -2.47. The maximum Gasteiger partial charge on any atom is 0.310 e. The molecule has 396 valence electrons. The molecule has 0 radical (unpaired) electrons. The van der Waals surface area contributed by atoms with E-state index in [1.165, 1.54) is 14.2 Å². The maximum absolute atomic E-state index is 13.4. The van der Waals surface area contributed by atoms with Gasteiger partial charge in [0.1, 0.15) is 30.0 Å². The Morgan fingerprint density at radius 2 is 1.51 bits per heavy atom. The molecule has 2 aromatic heterocycles. The summed E-state index contributed by atoms with van der Waals surface area (Å²) in [4.78, 5) is 30.5. The highest BCUT2D eigenvalue weighted by Gasteiger charge is 2.56. The molecular weight excluding hydrogens is 1020 g/mol. The summed E-state index contributed by atoms with van der Waals surface area (Å²) in [6.45, 7) is 1.93. The number of phenolic OH excluding ortho intramolecular Hbond substituents is 1. The number of aryl methyl sites for hydroxylation is 2. The van der Waals surface area contributed by atoms with Gasteiger partial charge in [-0.25, -0.2) is 4.98 Å². The molecule has 6 heterocycles. The van der Waals surface area contributed by atoms with Crippen molar-refractivity contribution in [2.75, 3.05) is 34.2 Å². The Bertz CT molecular complexity index is 3400. The van der Waals surface area contributed by atoms with Gasteiger partial charge in [-0.2, -0.15) is 0 Å². The third kappa shape index (κ3) is 8.90. The first kappa shape index (κ1) is 51.4. The molecular formula is C56H54Cl2N4O14. The SMILES string of the molecule is COc1cc([C@@H]2c3cc4c(cc3[C@@H](O[C@@H]3O[C@@H]5CO[C@@H](C)O[C@H]5[C@H](O)[C@H]3O)[C@H]3COC(=O)[C@H]23)OCO4)cc(OC)c1O.Cn1cncc1C(N)(c1ccc(Cl)cc1)c1ccc2c(c1)c(-c1cccc(Cl)c1)cc(=O)n2C. The molecule has 3 fully saturated rings. The molecule has 5 N–H and O–H groups in total. The van der Waals surface area contributed by atoms with E-state index >= 15 is 0 Å². The minimum absolute atomic E-state index is 0.0301. The van der Waals surface area contributed by atoms with E-state index in [-0.39, 0.29) is 42.8 Å². The Morgan fingerprint density at radius 1 is 0.803 bits per heavy atom. The number of carbonyl (C=O) groups is 1. The molecule has 5 aromatic carbocycles. The summed E-state index contributed by atoms with van der Waals surface area (Å²) >= 11 is 12.4. The molecule has 0 bridgehead atoms. The summed E-state index contributed by atoms with van der Waals surface area (Å²) in [6, 6.07) is 29.5. The van der Waals surface area contributed by atoms with Crippen molar-refractivity contribution >= 4 is 40.1 Å². The number of nitrogens with zero attached hydrogens (tertiary/aromatic N) is 3. The first-order valence-corrected chi connectivity index (χ1v) is 25.2.